The molecule has 0 aliphatic carbocycles. The maximum atomic E-state index is 13.8. The van der Waals surface area contributed by atoms with E-state index in [-0.39, 0.29) is 17.9 Å². The highest BCUT2D eigenvalue weighted by Gasteiger charge is 2.11. The molecule has 1 aromatic carbocycles. The molecule has 0 bridgehead atoms. The van der Waals surface area contributed by atoms with Crippen molar-refractivity contribution in [3.8, 4) is 11.8 Å². The Labute approximate surface area is 115 Å². The van der Waals surface area contributed by atoms with Gasteiger partial charge in [0.05, 0.1) is 18.6 Å². The number of nitrogens with one attached hydrogen (secondary N) is 1. The summed E-state index contributed by atoms with van der Waals surface area (Å²) in [5.74, 6) is 4.32. The molecule has 0 saturated carbocycles. The van der Waals surface area contributed by atoms with Gasteiger partial charge >= 0.3 is 0 Å². The van der Waals surface area contributed by atoms with Gasteiger partial charge in [0.2, 0.25) is 0 Å². The Kier molecular flexibility index (Phi) is 4.13. The van der Waals surface area contributed by atoms with E-state index < -0.39 is 11.7 Å². The fourth-order valence-corrected chi connectivity index (χ4v) is 1.56. The number of halogens is 1. The van der Waals surface area contributed by atoms with Crippen LogP contribution in [0.2, 0.25) is 0 Å². The van der Waals surface area contributed by atoms with E-state index >= 15 is 0 Å². The predicted octanol–water partition coefficient (Wildman–Crippen LogP) is 1.12. The molecule has 6 heteroatoms. The molecule has 20 heavy (non-hydrogen) atoms. The second kappa shape index (κ2) is 5.99. The molecule has 2 aromatic rings. The maximum Gasteiger partial charge on any atom is 0.275 e. The molecule has 0 saturated heterocycles. The zero-order valence-electron chi connectivity index (χ0n) is 10.9. The topological polar surface area (TPSA) is 72.9 Å². The summed E-state index contributed by atoms with van der Waals surface area (Å²) in [5, 5.41) is 2.46. The number of nitrogens with zero attached hydrogens (tertiary/aromatic N) is 2. The van der Waals surface area contributed by atoms with Gasteiger partial charge in [0.15, 0.2) is 0 Å². The Hall–Kier alpha value is -2.65. The van der Waals surface area contributed by atoms with Crippen molar-refractivity contribution in [2.24, 2.45) is 12.8 Å². The maximum absolute atomic E-state index is 13.8. The van der Waals surface area contributed by atoms with Crippen molar-refractivity contribution in [1.29, 1.82) is 0 Å². The molecule has 102 valence electrons. The van der Waals surface area contributed by atoms with E-state index in [1.165, 1.54) is 18.5 Å². The summed E-state index contributed by atoms with van der Waals surface area (Å²) in [6, 6.07) is 4.31. The number of rotatable bonds is 2. The van der Waals surface area contributed by atoms with Crippen LogP contribution in [-0.4, -0.2) is 22.0 Å². The second-order valence-electron chi connectivity index (χ2n) is 4.08. The number of carbonyl (C=O) groups excluding carboxylic acids is 1. The van der Waals surface area contributed by atoms with Crippen molar-refractivity contribution in [2.75, 3.05) is 11.9 Å². The summed E-state index contributed by atoms with van der Waals surface area (Å²) in [7, 11) is 1.75. The largest absolute Gasteiger partial charge is 0.340 e. The summed E-state index contributed by atoms with van der Waals surface area (Å²) in [5.41, 5.74) is 6.05. The van der Waals surface area contributed by atoms with Crippen LogP contribution >= 0.6 is 0 Å². The van der Waals surface area contributed by atoms with E-state index in [2.05, 4.69) is 22.1 Å². The average Bonchev–Trinajstić information content (AvgIpc) is 2.86. The number of hydrogen-bond acceptors (Lipinski definition) is 3. The molecule has 0 spiro atoms. The van der Waals surface area contributed by atoms with Gasteiger partial charge in [-0.1, -0.05) is 11.8 Å². The van der Waals surface area contributed by atoms with E-state index in [0.29, 0.717) is 5.56 Å². The number of nitrogens with two attached hydrogens (primary N) is 1. The molecule has 1 amide bonds. The van der Waals surface area contributed by atoms with Gasteiger partial charge in [-0.25, -0.2) is 9.37 Å². The highest BCUT2D eigenvalue weighted by molar-refractivity contribution is 6.02. The minimum Gasteiger partial charge on any atom is -0.340 e. The van der Waals surface area contributed by atoms with Gasteiger partial charge in [-0.2, -0.15) is 0 Å². The third-order valence-electron chi connectivity index (χ3n) is 2.49. The summed E-state index contributed by atoms with van der Waals surface area (Å²) in [6.07, 6.45) is 3.05. The normalized spacial score (nSPS) is 9.75. The number of benzene rings is 1. The molecular weight excluding hydrogens is 259 g/mol. The lowest BCUT2D eigenvalue weighted by Gasteiger charge is -2.05. The van der Waals surface area contributed by atoms with Crippen LogP contribution in [0.15, 0.2) is 30.7 Å². The summed E-state index contributed by atoms with van der Waals surface area (Å²) < 4.78 is 15.5. The number of anilines is 1. The minimum atomic E-state index is -0.557. The Morgan fingerprint density at radius 2 is 2.35 bits per heavy atom. The molecule has 0 fully saturated rings. The van der Waals surface area contributed by atoms with Crippen LogP contribution in [0.5, 0.6) is 0 Å². The molecule has 0 atom stereocenters. The fourth-order valence-electron chi connectivity index (χ4n) is 1.56. The molecular formula is C14H13FN4O. The molecule has 3 N–H and O–H groups in total. The van der Waals surface area contributed by atoms with Crippen molar-refractivity contribution in [2.45, 2.75) is 0 Å². The molecule has 2 rings (SSSR count). The van der Waals surface area contributed by atoms with Crippen molar-refractivity contribution < 1.29 is 9.18 Å². The Morgan fingerprint density at radius 3 is 2.95 bits per heavy atom. The second-order valence-corrected chi connectivity index (χ2v) is 4.08. The minimum absolute atomic E-state index is 0.0824. The van der Waals surface area contributed by atoms with Gasteiger partial charge < -0.3 is 15.6 Å². The van der Waals surface area contributed by atoms with E-state index in [4.69, 9.17) is 5.73 Å². The number of aryl methyl sites for hydroxylation is 1. The van der Waals surface area contributed by atoms with Gasteiger partial charge in [0, 0.05) is 18.8 Å². The van der Waals surface area contributed by atoms with Crippen LogP contribution in [0.3, 0.4) is 0 Å². The van der Waals surface area contributed by atoms with E-state index in [9.17, 15) is 9.18 Å². The van der Waals surface area contributed by atoms with Crippen molar-refractivity contribution >= 4 is 11.6 Å². The number of aromatic nitrogens is 2. The van der Waals surface area contributed by atoms with Crippen LogP contribution in [-0.2, 0) is 7.05 Å². The smallest absolute Gasteiger partial charge is 0.275 e. The third-order valence-corrected chi connectivity index (χ3v) is 2.49. The van der Waals surface area contributed by atoms with Crippen molar-refractivity contribution in [3.05, 3.63) is 47.8 Å². The Morgan fingerprint density at radius 1 is 1.55 bits per heavy atom. The average molecular weight is 272 g/mol. The van der Waals surface area contributed by atoms with Crippen molar-refractivity contribution in [1.82, 2.24) is 9.55 Å². The zero-order chi connectivity index (χ0) is 14.5. The highest BCUT2D eigenvalue weighted by Crippen LogP contribution is 2.16. The number of hydrogen-bond donors (Lipinski definition) is 2. The summed E-state index contributed by atoms with van der Waals surface area (Å²) in [6.45, 7) is 0.208. The lowest BCUT2D eigenvalue weighted by atomic mass is 10.2. The molecule has 0 aliphatic heterocycles. The predicted molar refractivity (Wildman–Crippen MR) is 73.5 cm³/mol. The number of imidazole rings is 1. The first-order valence-corrected chi connectivity index (χ1v) is 5.88. The number of amides is 1. The quantitative estimate of drug-likeness (QED) is 0.805. The standard InChI is InChI=1S/C14H13FN4O/c1-19-8-13(17-9-19)14(20)18-12-5-4-10(3-2-6-16)7-11(12)15/h4-5,7-9H,6,16H2,1H3,(H,18,20). The highest BCUT2D eigenvalue weighted by atomic mass is 19.1. The lowest BCUT2D eigenvalue weighted by molar-refractivity contribution is 0.102. The van der Waals surface area contributed by atoms with Crippen LogP contribution < -0.4 is 11.1 Å². The van der Waals surface area contributed by atoms with Crippen LogP contribution in [0.25, 0.3) is 0 Å². The molecule has 1 heterocycles. The van der Waals surface area contributed by atoms with E-state index in [0.717, 1.165) is 0 Å². The van der Waals surface area contributed by atoms with Gasteiger partial charge in [0.1, 0.15) is 11.5 Å². The third kappa shape index (κ3) is 3.22. The van der Waals surface area contributed by atoms with Gasteiger partial charge in [0.25, 0.3) is 5.91 Å². The van der Waals surface area contributed by atoms with Crippen LogP contribution in [0, 0.1) is 17.7 Å². The first-order chi connectivity index (χ1) is 9.60. The summed E-state index contributed by atoms with van der Waals surface area (Å²) in [4.78, 5) is 15.7. The molecule has 1 aromatic heterocycles. The fraction of sp³-hybridized carbons (Fsp3) is 0.143. The first kappa shape index (κ1) is 13.8. The van der Waals surface area contributed by atoms with Crippen LogP contribution in [0.1, 0.15) is 16.1 Å². The SMILES string of the molecule is Cn1cnc(C(=O)Nc2ccc(C#CCN)cc2F)c1. The number of carbonyl (C=O) groups is 1. The summed E-state index contributed by atoms with van der Waals surface area (Å²) >= 11 is 0. The molecule has 0 unspecified atom stereocenters. The lowest BCUT2D eigenvalue weighted by Crippen LogP contribution is -2.13. The monoisotopic (exact) mass is 272 g/mol. The van der Waals surface area contributed by atoms with Gasteiger partial charge in [-0.15, -0.1) is 0 Å². The molecule has 0 radical (unpaired) electrons. The van der Waals surface area contributed by atoms with Crippen molar-refractivity contribution in [3.63, 3.8) is 0 Å². The van der Waals surface area contributed by atoms with Crippen LogP contribution in [0.4, 0.5) is 10.1 Å². The first-order valence-electron chi connectivity index (χ1n) is 5.88. The molecule has 5 nitrogen and oxygen atoms in total. The van der Waals surface area contributed by atoms with E-state index in [1.54, 1.807) is 23.9 Å². The Balaban J connectivity index is 2.16. The zero-order valence-corrected chi connectivity index (χ0v) is 10.9. The van der Waals surface area contributed by atoms with Gasteiger partial charge in [-0.3, -0.25) is 4.79 Å². The van der Waals surface area contributed by atoms with Gasteiger partial charge in [-0.05, 0) is 18.2 Å². The Bertz CT molecular complexity index is 697. The van der Waals surface area contributed by atoms with E-state index in [1.807, 2.05) is 0 Å². The molecule has 0 aliphatic rings.